The minimum absolute atomic E-state index is 0.157. The van der Waals surface area contributed by atoms with Crippen LogP contribution in [0.2, 0.25) is 0 Å². The summed E-state index contributed by atoms with van der Waals surface area (Å²) in [5.41, 5.74) is 1.46. The Morgan fingerprint density at radius 2 is 2.11 bits per heavy atom. The van der Waals surface area contributed by atoms with Gasteiger partial charge in [-0.15, -0.1) is 0 Å². The van der Waals surface area contributed by atoms with Gasteiger partial charge in [0.2, 0.25) is 5.91 Å². The number of hydrogen-bond acceptors (Lipinski definition) is 5. The van der Waals surface area contributed by atoms with Crippen molar-refractivity contribution in [1.29, 1.82) is 0 Å². The molecule has 0 unspecified atom stereocenters. The van der Waals surface area contributed by atoms with Crippen molar-refractivity contribution in [2.24, 2.45) is 0 Å². The van der Waals surface area contributed by atoms with E-state index in [-0.39, 0.29) is 25.2 Å². The molecule has 2 N–H and O–H groups in total. The molecule has 1 aromatic heterocycles. The Balaban J connectivity index is 1.35. The molecule has 0 saturated carbocycles. The molecule has 1 fully saturated rings. The molecule has 1 aliphatic rings. The third-order valence-electron chi connectivity index (χ3n) is 4.19. The number of rotatable bonds is 7. The zero-order valence-electron chi connectivity index (χ0n) is 15.1. The largest absolute Gasteiger partial charge is 0.445 e. The first-order valence-electron chi connectivity index (χ1n) is 9.07. The lowest BCUT2D eigenvalue weighted by Crippen LogP contribution is -2.33. The maximum atomic E-state index is 11.9. The van der Waals surface area contributed by atoms with Gasteiger partial charge in [-0.25, -0.2) is 4.79 Å². The second-order valence-corrected chi connectivity index (χ2v) is 6.40. The molecule has 144 valence electrons. The molecule has 0 spiro atoms. The van der Waals surface area contributed by atoms with E-state index in [1.165, 1.54) is 6.42 Å². The Morgan fingerprint density at radius 1 is 1.26 bits per heavy atom. The average Bonchev–Trinajstić information content (AvgIpc) is 3.13. The van der Waals surface area contributed by atoms with Gasteiger partial charge >= 0.3 is 6.09 Å². The summed E-state index contributed by atoms with van der Waals surface area (Å²) in [6, 6.07) is 9.33. The Bertz CT molecular complexity index is 741. The number of carbonyl (C=O) groups excluding carboxylic acids is 2. The smallest absolute Gasteiger partial charge is 0.407 e. The first kappa shape index (κ1) is 18.9. The highest BCUT2D eigenvalue weighted by Crippen LogP contribution is 2.15. The number of alkyl carbamates (subject to hydrolysis) is 1. The van der Waals surface area contributed by atoms with Gasteiger partial charge < -0.3 is 20.1 Å². The molecule has 2 heterocycles. The molecule has 1 aromatic carbocycles. The summed E-state index contributed by atoms with van der Waals surface area (Å²) in [6.45, 7) is 1.44. The molecular formula is C19H24N4O4. The molecule has 0 bridgehead atoms. The standard InChI is InChI=1S/C19H24N4O4/c24-18(11-20-19(25)27-14-15-6-2-1-3-7-15)22-16-10-21-23(12-16)13-17-8-4-5-9-26-17/h1-3,6-7,10,12,17H,4-5,8-9,11,13-14H2,(H,20,25)(H,22,24)/t17-/m1/s1. The highest BCUT2D eigenvalue weighted by atomic mass is 16.5. The topological polar surface area (TPSA) is 94.5 Å². The molecular weight excluding hydrogens is 348 g/mol. The van der Waals surface area contributed by atoms with Gasteiger partial charge in [-0.3, -0.25) is 9.48 Å². The van der Waals surface area contributed by atoms with Crippen molar-refractivity contribution in [1.82, 2.24) is 15.1 Å². The quantitative estimate of drug-likeness (QED) is 0.778. The minimum Gasteiger partial charge on any atom is -0.445 e. The molecule has 2 aromatic rings. The monoisotopic (exact) mass is 372 g/mol. The summed E-state index contributed by atoms with van der Waals surface area (Å²) < 4.78 is 12.5. The second kappa shape index (κ2) is 9.72. The van der Waals surface area contributed by atoms with Gasteiger partial charge in [0.25, 0.3) is 0 Å². The van der Waals surface area contributed by atoms with Gasteiger partial charge in [0.15, 0.2) is 0 Å². The number of nitrogens with one attached hydrogen (secondary N) is 2. The summed E-state index contributed by atoms with van der Waals surface area (Å²) in [5, 5.41) is 9.35. The molecule has 2 amide bonds. The van der Waals surface area contributed by atoms with E-state index in [1.807, 2.05) is 30.3 Å². The van der Waals surface area contributed by atoms with Crippen LogP contribution < -0.4 is 10.6 Å². The van der Waals surface area contributed by atoms with E-state index >= 15 is 0 Å². The van der Waals surface area contributed by atoms with E-state index in [0.29, 0.717) is 12.2 Å². The SMILES string of the molecule is O=C(CNC(=O)OCc1ccccc1)Nc1cnn(C[C@H]2CCCCO2)c1. The van der Waals surface area contributed by atoms with Crippen LogP contribution in [0, 0.1) is 0 Å². The lowest BCUT2D eigenvalue weighted by atomic mass is 10.1. The lowest BCUT2D eigenvalue weighted by Gasteiger charge is -2.22. The summed E-state index contributed by atoms with van der Waals surface area (Å²) in [5.74, 6) is -0.347. The van der Waals surface area contributed by atoms with Gasteiger partial charge in [0.05, 0.1) is 24.5 Å². The predicted molar refractivity (Wildman–Crippen MR) is 99.1 cm³/mol. The number of nitrogens with zero attached hydrogens (tertiary/aromatic N) is 2. The fraction of sp³-hybridized carbons (Fsp3) is 0.421. The van der Waals surface area contributed by atoms with Gasteiger partial charge in [0, 0.05) is 12.8 Å². The van der Waals surface area contributed by atoms with Crippen LogP contribution in [0.5, 0.6) is 0 Å². The Morgan fingerprint density at radius 3 is 2.89 bits per heavy atom. The van der Waals surface area contributed by atoms with Crippen LogP contribution >= 0.6 is 0 Å². The van der Waals surface area contributed by atoms with Gasteiger partial charge in [-0.1, -0.05) is 30.3 Å². The molecule has 8 heteroatoms. The molecule has 3 rings (SSSR count). The van der Waals surface area contributed by atoms with E-state index < -0.39 is 6.09 Å². The van der Waals surface area contributed by atoms with Crippen molar-refractivity contribution < 1.29 is 19.1 Å². The van der Waals surface area contributed by atoms with Crippen LogP contribution in [0.4, 0.5) is 10.5 Å². The second-order valence-electron chi connectivity index (χ2n) is 6.40. The minimum atomic E-state index is -0.640. The lowest BCUT2D eigenvalue weighted by molar-refractivity contribution is -0.115. The fourth-order valence-corrected chi connectivity index (χ4v) is 2.82. The van der Waals surface area contributed by atoms with Crippen molar-refractivity contribution in [2.45, 2.75) is 38.5 Å². The summed E-state index contributed by atoms with van der Waals surface area (Å²) in [4.78, 5) is 23.6. The van der Waals surface area contributed by atoms with Crippen LogP contribution in [0.3, 0.4) is 0 Å². The summed E-state index contributed by atoms with van der Waals surface area (Å²) >= 11 is 0. The summed E-state index contributed by atoms with van der Waals surface area (Å²) in [7, 11) is 0. The fourth-order valence-electron chi connectivity index (χ4n) is 2.82. The Kier molecular flexibility index (Phi) is 6.81. The van der Waals surface area contributed by atoms with Crippen LogP contribution in [0.1, 0.15) is 24.8 Å². The molecule has 8 nitrogen and oxygen atoms in total. The molecule has 1 saturated heterocycles. The van der Waals surface area contributed by atoms with Crippen LogP contribution in [-0.4, -0.2) is 41.0 Å². The maximum Gasteiger partial charge on any atom is 0.407 e. The van der Waals surface area contributed by atoms with Crippen LogP contribution in [-0.2, 0) is 27.4 Å². The molecule has 1 atom stereocenters. The highest BCUT2D eigenvalue weighted by molar-refractivity contribution is 5.93. The van der Waals surface area contributed by atoms with Crippen molar-refractivity contribution in [3.05, 3.63) is 48.3 Å². The van der Waals surface area contributed by atoms with E-state index in [4.69, 9.17) is 9.47 Å². The first-order chi connectivity index (χ1) is 13.2. The number of aromatic nitrogens is 2. The highest BCUT2D eigenvalue weighted by Gasteiger charge is 2.15. The first-order valence-corrected chi connectivity index (χ1v) is 9.07. The molecule has 0 radical (unpaired) electrons. The van der Waals surface area contributed by atoms with Gasteiger partial charge in [-0.05, 0) is 24.8 Å². The normalized spacial score (nSPS) is 16.5. The number of hydrogen-bond donors (Lipinski definition) is 2. The number of anilines is 1. The predicted octanol–water partition coefficient (Wildman–Crippen LogP) is 2.32. The van der Waals surface area contributed by atoms with Crippen molar-refractivity contribution >= 4 is 17.7 Å². The molecule has 0 aliphatic carbocycles. The number of carbonyl (C=O) groups is 2. The van der Waals surface area contributed by atoms with Crippen LogP contribution in [0.25, 0.3) is 0 Å². The van der Waals surface area contributed by atoms with Crippen molar-refractivity contribution in [2.75, 3.05) is 18.5 Å². The average molecular weight is 372 g/mol. The van der Waals surface area contributed by atoms with E-state index in [1.54, 1.807) is 17.1 Å². The van der Waals surface area contributed by atoms with E-state index in [0.717, 1.165) is 25.0 Å². The van der Waals surface area contributed by atoms with Gasteiger partial charge in [-0.2, -0.15) is 5.10 Å². The zero-order chi connectivity index (χ0) is 18.9. The molecule has 1 aliphatic heterocycles. The van der Waals surface area contributed by atoms with E-state index in [2.05, 4.69) is 15.7 Å². The third-order valence-corrected chi connectivity index (χ3v) is 4.19. The number of benzene rings is 1. The maximum absolute atomic E-state index is 11.9. The third kappa shape index (κ3) is 6.41. The number of amides is 2. The van der Waals surface area contributed by atoms with Crippen molar-refractivity contribution in [3.63, 3.8) is 0 Å². The van der Waals surface area contributed by atoms with Crippen molar-refractivity contribution in [3.8, 4) is 0 Å². The Labute approximate surface area is 157 Å². The molecule has 27 heavy (non-hydrogen) atoms. The zero-order valence-corrected chi connectivity index (χ0v) is 15.1. The van der Waals surface area contributed by atoms with Crippen LogP contribution in [0.15, 0.2) is 42.7 Å². The Hall–Kier alpha value is -2.87. The number of ether oxygens (including phenoxy) is 2. The summed E-state index contributed by atoms with van der Waals surface area (Å²) in [6.07, 6.45) is 6.16. The van der Waals surface area contributed by atoms with E-state index in [9.17, 15) is 9.59 Å². The van der Waals surface area contributed by atoms with Gasteiger partial charge in [0.1, 0.15) is 13.2 Å².